The van der Waals surface area contributed by atoms with E-state index in [1.54, 1.807) is 0 Å². The Hall–Kier alpha value is -1.39. The zero-order chi connectivity index (χ0) is 17.2. The Bertz CT molecular complexity index is 447. The molecule has 2 aromatic rings. The van der Waals surface area contributed by atoms with Crippen molar-refractivity contribution in [3.8, 4) is 0 Å². The molecule has 0 amide bonds. The molecule has 0 spiro atoms. The second-order valence-corrected chi connectivity index (χ2v) is 5.13. The molecule has 5 N–H and O–H groups in total. The van der Waals surface area contributed by atoms with Crippen molar-refractivity contribution in [2.45, 2.75) is 25.8 Å². The lowest BCUT2D eigenvalue weighted by Gasteiger charge is -2.01. The van der Waals surface area contributed by atoms with Gasteiger partial charge < -0.3 is 16.8 Å². The smallest absolute Gasteiger partial charge is 0.0474 e. The molecule has 0 atom stereocenters. The van der Waals surface area contributed by atoms with E-state index in [9.17, 15) is 0 Å². The highest BCUT2D eigenvalue weighted by Crippen LogP contribution is 2.00. The van der Waals surface area contributed by atoms with E-state index in [1.807, 2.05) is 48.5 Å². The molecule has 3 nitrogen and oxygen atoms in total. The van der Waals surface area contributed by atoms with E-state index in [-0.39, 0.29) is 0 Å². The van der Waals surface area contributed by atoms with Gasteiger partial charge in [0.2, 0.25) is 0 Å². The van der Waals surface area contributed by atoms with Crippen LogP contribution in [0.1, 0.15) is 24.5 Å². The van der Waals surface area contributed by atoms with Gasteiger partial charge in [-0.2, -0.15) is 0 Å². The Morgan fingerprint density at radius 1 is 0.826 bits per heavy atom. The maximum atomic E-state index is 5.53. The first kappa shape index (κ1) is 21.6. The lowest BCUT2D eigenvalue weighted by Crippen LogP contribution is -2.21. The molecule has 128 valence electrons. The van der Waals surface area contributed by atoms with Gasteiger partial charge in [0.25, 0.3) is 0 Å². The number of nitrogens with one attached hydrogen (secondary N) is 1. The fraction of sp³-hybridized carbons (Fsp3) is 0.368. The zero-order valence-electron chi connectivity index (χ0n) is 14.0. The second-order valence-electron chi connectivity index (χ2n) is 4.86. The Morgan fingerprint density at radius 2 is 1.30 bits per heavy atom. The van der Waals surface area contributed by atoms with Crippen molar-refractivity contribution in [3.05, 3.63) is 71.8 Å². The number of hydrogen-bond acceptors (Lipinski definition) is 3. The van der Waals surface area contributed by atoms with Crippen molar-refractivity contribution < 1.29 is 0 Å². The quantitative estimate of drug-likeness (QED) is 0.559. The van der Waals surface area contributed by atoms with Gasteiger partial charge in [-0.05, 0) is 24.1 Å². The minimum atomic E-state index is 0.612. The molecule has 0 saturated carbocycles. The van der Waals surface area contributed by atoms with Crippen molar-refractivity contribution >= 4 is 11.6 Å². The van der Waals surface area contributed by atoms with Gasteiger partial charge in [-0.25, -0.2) is 0 Å². The minimum Gasteiger partial charge on any atom is -0.330 e. The summed E-state index contributed by atoms with van der Waals surface area (Å²) in [6.07, 6.45) is 1.10. The summed E-state index contributed by atoms with van der Waals surface area (Å²) in [6, 6.07) is 20.3. The van der Waals surface area contributed by atoms with E-state index in [2.05, 4.69) is 24.4 Å². The number of halogens is 1. The normalized spacial score (nSPS) is 9.22. The molecule has 2 aromatic carbocycles. The maximum Gasteiger partial charge on any atom is 0.0474 e. The van der Waals surface area contributed by atoms with E-state index in [0.29, 0.717) is 12.4 Å². The molecule has 23 heavy (non-hydrogen) atoms. The maximum absolute atomic E-state index is 5.53. The summed E-state index contributed by atoms with van der Waals surface area (Å²) in [5.41, 5.74) is 12.8. The Morgan fingerprint density at radius 3 is 1.65 bits per heavy atom. The minimum absolute atomic E-state index is 0.612. The molecule has 0 heterocycles. The third-order valence-corrected chi connectivity index (χ3v) is 3.09. The highest BCUT2D eigenvalue weighted by Gasteiger charge is 1.87. The third kappa shape index (κ3) is 14.0. The van der Waals surface area contributed by atoms with Crippen molar-refractivity contribution in [1.29, 1.82) is 0 Å². The molecule has 0 radical (unpaired) electrons. The molecule has 0 aliphatic carbocycles. The summed E-state index contributed by atoms with van der Waals surface area (Å²) in [4.78, 5) is 0. The summed E-state index contributed by atoms with van der Waals surface area (Å²) in [7, 11) is 0. The average molecular weight is 336 g/mol. The van der Waals surface area contributed by atoms with E-state index in [1.165, 1.54) is 11.1 Å². The summed E-state index contributed by atoms with van der Waals surface area (Å²) in [5.74, 6) is 0.612. The van der Waals surface area contributed by atoms with Crippen LogP contribution in [0.2, 0.25) is 0 Å². The first-order valence-corrected chi connectivity index (χ1v) is 8.56. The predicted molar refractivity (Wildman–Crippen MR) is 103 cm³/mol. The molecular formula is C19H30ClN3. The summed E-state index contributed by atoms with van der Waals surface area (Å²) in [6.45, 7) is 5.37. The van der Waals surface area contributed by atoms with E-state index >= 15 is 0 Å². The van der Waals surface area contributed by atoms with Crippen LogP contribution in [-0.2, 0) is 12.4 Å². The predicted octanol–water partition coefficient (Wildman–Crippen LogP) is 3.52. The van der Waals surface area contributed by atoms with Crippen molar-refractivity contribution in [2.24, 2.45) is 11.5 Å². The number of benzene rings is 2. The SMILES string of the molecule is CCCN.ClCc1ccccc1.NCCNCc1ccccc1. The van der Waals surface area contributed by atoms with Crippen LogP contribution in [0.3, 0.4) is 0 Å². The lowest BCUT2D eigenvalue weighted by atomic mass is 10.2. The Kier molecular flexibility index (Phi) is 15.9. The standard InChI is InChI=1S/C9H14N2.C7H7Cl.C3H9N/c10-6-7-11-8-9-4-2-1-3-5-9;8-6-7-4-2-1-3-5-7;1-2-3-4/h1-5,11H,6-8,10H2;1-5H,6H2;2-4H2,1H3. The number of rotatable bonds is 6. The van der Waals surface area contributed by atoms with Gasteiger partial charge >= 0.3 is 0 Å². The van der Waals surface area contributed by atoms with E-state index in [0.717, 1.165) is 26.1 Å². The molecule has 0 saturated heterocycles. The van der Waals surface area contributed by atoms with Crippen LogP contribution in [0.4, 0.5) is 0 Å². The first-order chi connectivity index (χ1) is 11.3. The summed E-state index contributed by atoms with van der Waals surface area (Å²) in [5, 5.41) is 3.23. The van der Waals surface area contributed by atoms with E-state index in [4.69, 9.17) is 23.1 Å². The molecular weight excluding hydrogens is 306 g/mol. The topological polar surface area (TPSA) is 64.1 Å². The van der Waals surface area contributed by atoms with Crippen molar-refractivity contribution in [1.82, 2.24) is 5.32 Å². The molecule has 0 aliphatic heterocycles. The van der Waals surface area contributed by atoms with Crippen LogP contribution in [-0.4, -0.2) is 19.6 Å². The van der Waals surface area contributed by atoms with Gasteiger partial charge in [0.05, 0.1) is 0 Å². The largest absolute Gasteiger partial charge is 0.330 e. The van der Waals surface area contributed by atoms with Crippen LogP contribution in [0.5, 0.6) is 0 Å². The van der Waals surface area contributed by atoms with Crippen LogP contribution in [0, 0.1) is 0 Å². The number of hydrogen-bond donors (Lipinski definition) is 3. The van der Waals surface area contributed by atoms with Gasteiger partial charge in [0, 0.05) is 25.5 Å². The lowest BCUT2D eigenvalue weighted by molar-refractivity contribution is 0.695. The van der Waals surface area contributed by atoms with Crippen LogP contribution in [0.25, 0.3) is 0 Å². The third-order valence-electron chi connectivity index (χ3n) is 2.78. The monoisotopic (exact) mass is 335 g/mol. The number of nitrogens with two attached hydrogens (primary N) is 2. The van der Waals surface area contributed by atoms with Crippen LogP contribution >= 0.6 is 11.6 Å². The molecule has 0 bridgehead atoms. The first-order valence-electron chi connectivity index (χ1n) is 8.03. The molecule has 0 aliphatic rings. The molecule has 4 heteroatoms. The Labute approximate surface area is 146 Å². The molecule has 0 fully saturated rings. The summed E-state index contributed by atoms with van der Waals surface area (Å²) >= 11 is 5.53. The fourth-order valence-electron chi connectivity index (χ4n) is 1.50. The van der Waals surface area contributed by atoms with E-state index < -0.39 is 0 Å². The van der Waals surface area contributed by atoms with Gasteiger partial charge in [-0.15, -0.1) is 11.6 Å². The summed E-state index contributed by atoms with van der Waals surface area (Å²) < 4.78 is 0. The van der Waals surface area contributed by atoms with Crippen molar-refractivity contribution in [3.63, 3.8) is 0 Å². The van der Waals surface area contributed by atoms with Gasteiger partial charge in [-0.1, -0.05) is 67.6 Å². The van der Waals surface area contributed by atoms with Crippen LogP contribution in [0.15, 0.2) is 60.7 Å². The van der Waals surface area contributed by atoms with Gasteiger partial charge in [-0.3, -0.25) is 0 Å². The van der Waals surface area contributed by atoms with Crippen LogP contribution < -0.4 is 16.8 Å². The number of alkyl halides is 1. The zero-order valence-corrected chi connectivity index (χ0v) is 14.8. The molecule has 0 aromatic heterocycles. The fourth-order valence-corrected chi connectivity index (χ4v) is 1.68. The van der Waals surface area contributed by atoms with Gasteiger partial charge in [0.15, 0.2) is 0 Å². The highest BCUT2D eigenvalue weighted by molar-refractivity contribution is 6.17. The highest BCUT2D eigenvalue weighted by atomic mass is 35.5. The second kappa shape index (κ2) is 17.0. The Balaban J connectivity index is 0.000000354. The average Bonchev–Trinajstić information content (AvgIpc) is 2.64. The van der Waals surface area contributed by atoms with Crippen molar-refractivity contribution in [2.75, 3.05) is 19.6 Å². The van der Waals surface area contributed by atoms with Gasteiger partial charge in [0.1, 0.15) is 0 Å². The molecule has 2 rings (SSSR count). The molecule has 0 unspecified atom stereocenters.